The van der Waals surface area contributed by atoms with Gasteiger partial charge in [-0.1, -0.05) is 0 Å². The van der Waals surface area contributed by atoms with Crippen LogP contribution in [0.2, 0.25) is 0 Å². The molecule has 2 aliphatic heterocycles. The van der Waals surface area contributed by atoms with Gasteiger partial charge in [0.15, 0.2) is 0 Å². The van der Waals surface area contributed by atoms with Crippen LogP contribution < -0.4 is 0 Å². The average Bonchev–Trinajstić information content (AvgIpc) is 2.35. The number of β-lactam (4-membered cyclic amide) rings is 1. The van der Waals surface area contributed by atoms with Gasteiger partial charge in [0.05, 0.1) is 17.2 Å². The molecule has 7 heteroatoms. The Hall–Kier alpha value is -1.50. The van der Waals surface area contributed by atoms with Crippen molar-refractivity contribution in [2.75, 3.05) is 6.79 Å². The Kier molecular flexibility index (Phi) is 4.32. The van der Waals surface area contributed by atoms with E-state index >= 15 is 0 Å². The van der Waals surface area contributed by atoms with E-state index in [2.05, 4.69) is 0 Å². The second-order valence-electron chi connectivity index (χ2n) is 6.05. The van der Waals surface area contributed by atoms with Crippen molar-refractivity contribution in [1.29, 1.82) is 0 Å². The molecule has 2 heterocycles. The quantitative estimate of drug-likeness (QED) is 0.448. The highest BCUT2D eigenvalue weighted by molar-refractivity contribution is 8.00. The van der Waals surface area contributed by atoms with Gasteiger partial charge in [-0.3, -0.25) is 14.5 Å². The van der Waals surface area contributed by atoms with Crippen LogP contribution in [0.3, 0.4) is 0 Å². The molecular weight excluding hydrogens is 294 g/mol. The van der Waals surface area contributed by atoms with Crippen molar-refractivity contribution in [3.8, 4) is 0 Å². The summed E-state index contributed by atoms with van der Waals surface area (Å²) in [6.07, 6.45) is 2.14. The number of nitrogens with zero attached hydrogens (tertiary/aromatic N) is 1. The fourth-order valence-electron chi connectivity index (χ4n) is 1.97. The first-order valence-electron chi connectivity index (χ1n) is 6.74. The molecule has 2 aliphatic rings. The lowest BCUT2D eigenvalue weighted by Crippen LogP contribution is -2.54. The van der Waals surface area contributed by atoms with Gasteiger partial charge in [-0.25, -0.2) is 4.79 Å². The first-order valence-corrected chi connectivity index (χ1v) is 7.68. The van der Waals surface area contributed by atoms with Gasteiger partial charge >= 0.3 is 11.9 Å². The smallest absolute Gasteiger partial charge is 0.357 e. The van der Waals surface area contributed by atoms with Crippen molar-refractivity contribution in [3.63, 3.8) is 0 Å². The van der Waals surface area contributed by atoms with Crippen LogP contribution >= 0.6 is 11.8 Å². The van der Waals surface area contributed by atoms with E-state index in [1.54, 1.807) is 38.6 Å². The van der Waals surface area contributed by atoms with E-state index in [-0.39, 0.29) is 22.2 Å². The maximum atomic E-state index is 12.0. The Morgan fingerprint density at radius 3 is 2.62 bits per heavy atom. The number of esters is 2. The number of rotatable bonds is 3. The second kappa shape index (κ2) is 5.71. The highest BCUT2D eigenvalue weighted by Gasteiger charge is 2.45. The molecule has 0 spiro atoms. The molecule has 116 valence electrons. The van der Waals surface area contributed by atoms with Crippen molar-refractivity contribution >= 4 is 29.6 Å². The molecule has 0 bridgehead atoms. The number of amides is 1. The first kappa shape index (κ1) is 15.9. The zero-order valence-electron chi connectivity index (χ0n) is 12.5. The molecule has 1 unspecified atom stereocenters. The highest BCUT2D eigenvalue weighted by atomic mass is 32.2. The lowest BCUT2D eigenvalue weighted by molar-refractivity contribution is -0.173. The van der Waals surface area contributed by atoms with E-state index in [1.807, 2.05) is 6.92 Å². The molecule has 6 nitrogen and oxygen atoms in total. The predicted octanol–water partition coefficient (Wildman–Crippen LogP) is 1.65. The molecule has 0 N–H and O–H groups in total. The molecule has 21 heavy (non-hydrogen) atoms. The first-order chi connectivity index (χ1) is 9.70. The van der Waals surface area contributed by atoms with Gasteiger partial charge < -0.3 is 9.47 Å². The SMILES string of the molecule is CC1C=C(C(=O)OCOC(=O)C(C)(C)C)N2C(=O)C[C@H]2S1. The van der Waals surface area contributed by atoms with Gasteiger partial charge in [0.25, 0.3) is 0 Å². The third-order valence-electron chi connectivity index (χ3n) is 3.13. The van der Waals surface area contributed by atoms with E-state index in [9.17, 15) is 14.4 Å². The summed E-state index contributed by atoms with van der Waals surface area (Å²) in [5.41, 5.74) is -0.408. The molecule has 0 aromatic carbocycles. The van der Waals surface area contributed by atoms with Crippen molar-refractivity contribution in [3.05, 3.63) is 11.8 Å². The van der Waals surface area contributed by atoms with Crippen LogP contribution in [0.15, 0.2) is 11.8 Å². The summed E-state index contributed by atoms with van der Waals surface area (Å²) in [6, 6.07) is 0. The fourth-order valence-corrected chi connectivity index (χ4v) is 3.26. The molecule has 0 saturated carbocycles. The lowest BCUT2D eigenvalue weighted by Gasteiger charge is -2.44. The van der Waals surface area contributed by atoms with Crippen molar-refractivity contribution in [2.45, 2.75) is 44.7 Å². The molecule has 0 aromatic heterocycles. The van der Waals surface area contributed by atoms with Crippen LogP contribution in [-0.2, 0) is 23.9 Å². The number of hydrogen-bond donors (Lipinski definition) is 0. The average molecular weight is 313 g/mol. The van der Waals surface area contributed by atoms with E-state index in [0.717, 1.165) is 0 Å². The molecule has 2 atom stereocenters. The molecule has 1 fully saturated rings. The van der Waals surface area contributed by atoms with Crippen LogP contribution in [0.5, 0.6) is 0 Å². The summed E-state index contributed by atoms with van der Waals surface area (Å²) in [4.78, 5) is 36.6. The minimum absolute atomic E-state index is 0.0113. The molecule has 0 aromatic rings. The Morgan fingerprint density at radius 1 is 1.38 bits per heavy atom. The monoisotopic (exact) mass is 313 g/mol. The number of fused-ring (bicyclic) bond motifs is 1. The number of thioether (sulfide) groups is 1. The van der Waals surface area contributed by atoms with Crippen LogP contribution in [0, 0.1) is 5.41 Å². The fraction of sp³-hybridized carbons (Fsp3) is 0.643. The Labute approximate surface area is 127 Å². The number of hydrogen-bond acceptors (Lipinski definition) is 6. The molecule has 2 rings (SSSR count). The minimum atomic E-state index is -0.653. The summed E-state index contributed by atoms with van der Waals surface area (Å²) in [6.45, 7) is 6.65. The topological polar surface area (TPSA) is 72.9 Å². The summed E-state index contributed by atoms with van der Waals surface area (Å²) < 4.78 is 9.83. The van der Waals surface area contributed by atoms with Crippen molar-refractivity contribution < 1.29 is 23.9 Å². The van der Waals surface area contributed by atoms with Gasteiger partial charge in [-0.15, -0.1) is 11.8 Å². The van der Waals surface area contributed by atoms with Crippen LogP contribution in [0.25, 0.3) is 0 Å². The number of carbonyl (C=O) groups is 3. The zero-order chi connectivity index (χ0) is 15.8. The van der Waals surface area contributed by atoms with Crippen molar-refractivity contribution in [2.24, 2.45) is 5.41 Å². The van der Waals surface area contributed by atoms with Gasteiger partial charge in [0, 0.05) is 5.25 Å². The maximum absolute atomic E-state index is 12.0. The molecule has 1 amide bonds. The molecule has 1 saturated heterocycles. The lowest BCUT2D eigenvalue weighted by atomic mass is 9.98. The van der Waals surface area contributed by atoms with Crippen LogP contribution in [-0.4, -0.2) is 40.2 Å². The standard InChI is InChI=1S/C14H19NO5S/c1-8-5-9(15-10(16)6-11(15)21-8)12(17)19-7-20-13(18)14(2,3)4/h5,8,11H,6-7H2,1-4H3/t8?,11-/m1/s1. The maximum Gasteiger partial charge on any atom is 0.357 e. The van der Waals surface area contributed by atoms with Crippen LogP contribution in [0.1, 0.15) is 34.1 Å². The second-order valence-corrected chi connectivity index (χ2v) is 7.61. The van der Waals surface area contributed by atoms with Crippen LogP contribution in [0.4, 0.5) is 0 Å². The Balaban J connectivity index is 1.91. The summed E-state index contributed by atoms with van der Waals surface area (Å²) in [5.74, 6) is -1.18. The van der Waals surface area contributed by atoms with Gasteiger partial charge in [-0.2, -0.15) is 0 Å². The third-order valence-corrected chi connectivity index (χ3v) is 4.39. The Bertz CT molecular complexity index is 508. The number of ether oxygens (including phenoxy) is 2. The normalized spacial score (nSPS) is 24.7. The van der Waals surface area contributed by atoms with Gasteiger partial charge in [-0.05, 0) is 33.8 Å². The van der Waals surface area contributed by atoms with E-state index in [0.29, 0.717) is 6.42 Å². The third kappa shape index (κ3) is 3.40. The summed E-state index contributed by atoms with van der Waals surface area (Å²) >= 11 is 1.63. The highest BCUT2D eigenvalue weighted by Crippen LogP contribution is 2.40. The Morgan fingerprint density at radius 2 is 2.05 bits per heavy atom. The van der Waals surface area contributed by atoms with Gasteiger partial charge in [0.1, 0.15) is 5.70 Å². The number of carbonyl (C=O) groups excluding carboxylic acids is 3. The van der Waals surface area contributed by atoms with E-state index in [4.69, 9.17) is 9.47 Å². The van der Waals surface area contributed by atoms with E-state index in [1.165, 1.54) is 4.90 Å². The molecular formula is C14H19NO5S. The zero-order valence-corrected chi connectivity index (χ0v) is 13.4. The van der Waals surface area contributed by atoms with Gasteiger partial charge in [0.2, 0.25) is 12.7 Å². The largest absolute Gasteiger partial charge is 0.427 e. The predicted molar refractivity (Wildman–Crippen MR) is 76.9 cm³/mol. The van der Waals surface area contributed by atoms with Crippen molar-refractivity contribution in [1.82, 2.24) is 4.90 Å². The molecule has 0 radical (unpaired) electrons. The minimum Gasteiger partial charge on any atom is -0.427 e. The molecule has 0 aliphatic carbocycles. The summed E-state index contributed by atoms with van der Waals surface area (Å²) in [7, 11) is 0. The van der Waals surface area contributed by atoms with E-state index < -0.39 is 24.1 Å². The summed E-state index contributed by atoms with van der Waals surface area (Å²) in [5, 5.41) is 0.149.